The summed E-state index contributed by atoms with van der Waals surface area (Å²) in [5, 5.41) is 10.7. The number of halogens is 1. The molecule has 5 nitrogen and oxygen atoms in total. The average molecular weight is 275 g/mol. The fraction of sp³-hybridized carbons (Fsp3) is 0.0714. The highest BCUT2D eigenvalue weighted by molar-refractivity contribution is 5.91. The van der Waals surface area contributed by atoms with Gasteiger partial charge in [0, 0.05) is 12.1 Å². The molecule has 0 aliphatic rings. The van der Waals surface area contributed by atoms with E-state index in [2.05, 4.69) is 4.74 Å². The molecule has 2 rings (SSSR count). The summed E-state index contributed by atoms with van der Waals surface area (Å²) in [7, 11) is 1.15. The first kappa shape index (κ1) is 13.7. The van der Waals surface area contributed by atoms with Crippen molar-refractivity contribution < 1.29 is 18.8 Å². The van der Waals surface area contributed by atoms with Crippen molar-refractivity contribution in [2.75, 3.05) is 7.11 Å². The number of nitro groups is 1. The van der Waals surface area contributed by atoms with Gasteiger partial charge < -0.3 is 4.74 Å². The van der Waals surface area contributed by atoms with Crippen molar-refractivity contribution in [1.29, 1.82) is 0 Å². The zero-order valence-electron chi connectivity index (χ0n) is 10.5. The van der Waals surface area contributed by atoms with Crippen LogP contribution in [0.4, 0.5) is 10.1 Å². The van der Waals surface area contributed by atoms with Crippen molar-refractivity contribution in [3.8, 4) is 11.1 Å². The van der Waals surface area contributed by atoms with E-state index in [9.17, 15) is 19.3 Å². The molecule has 0 aliphatic carbocycles. The van der Waals surface area contributed by atoms with E-state index in [1.165, 1.54) is 30.3 Å². The molecule has 0 unspecified atom stereocenters. The molecule has 2 aromatic carbocycles. The zero-order valence-corrected chi connectivity index (χ0v) is 10.5. The molecular weight excluding hydrogens is 265 g/mol. The van der Waals surface area contributed by atoms with Crippen LogP contribution in [-0.4, -0.2) is 18.0 Å². The van der Waals surface area contributed by atoms with Crippen LogP contribution in [0.1, 0.15) is 10.4 Å². The third-order valence-corrected chi connectivity index (χ3v) is 2.76. The molecule has 102 valence electrons. The standard InChI is InChI=1S/C14H10FNO4/c1-20-14(17)12-8-10(5-6-13(12)15)9-3-2-4-11(7-9)16(18)19/h2-8H,1H3. The number of hydrogen-bond acceptors (Lipinski definition) is 4. The van der Waals surface area contributed by atoms with Gasteiger partial charge in [0.15, 0.2) is 0 Å². The van der Waals surface area contributed by atoms with Crippen molar-refractivity contribution >= 4 is 11.7 Å². The molecular formula is C14H10FNO4. The number of benzene rings is 2. The molecule has 0 radical (unpaired) electrons. The number of rotatable bonds is 3. The lowest BCUT2D eigenvalue weighted by Gasteiger charge is -2.05. The summed E-state index contributed by atoms with van der Waals surface area (Å²) in [5.41, 5.74) is 0.725. The third kappa shape index (κ3) is 2.64. The van der Waals surface area contributed by atoms with E-state index in [1.54, 1.807) is 6.07 Å². The molecule has 2 aromatic rings. The summed E-state index contributed by atoms with van der Waals surface area (Å²) < 4.78 is 18.0. The Morgan fingerprint density at radius 1 is 1.20 bits per heavy atom. The van der Waals surface area contributed by atoms with Crippen LogP contribution >= 0.6 is 0 Å². The molecule has 20 heavy (non-hydrogen) atoms. The molecule has 0 saturated carbocycles. The van der Waals surface area contributed by atoms with Gasteiger partial charge in [-0.2, -0.15) is 0 Å². The predicted molar refractivity (Wildman–Crippen MR) is 69.8 cm³/mol. The lowest BCUT2D eigenvalue weighted by Crippen LogP contribution is -2.04. The number of carbonyl (C=O) groups is 1. The first-order valence-electron chi connectivity index (χ1n) is 5.65. The number of carbonyl (C=O) groups excluding carboxylic acids is 1. The highest BCUT2D eigenvalue weighted by atomic mass is 19.1. The van der Waals surface area contributed by atoms with Crippen molar-refractivity contribution in [3.63, 3.8) is 0 Å². The number of methoxy groups -OCH3 is 1. The monoisotopic (exact) mass is 275 g/mol. The average Bonchev–Trinajstić information content (AvgIpc) is 2.47. The summed E-state index contributed by atoms with van der Waals surface area (Å²) in [5.74, 6) is -1.50. The Bertz CT molecular complexity index is 685. The summed E-state index contributed by atoms with van der Waals surface area (Å²) in [6.07, 6.45) is 0. The summed E-state index contributed by atoms with van der Waals surface area (Å²) in [6, 6.07) is 9.75. The minimum atomic E-state index is -0.796. The predicted octanol–water partition coefficient (Wildman–Crippen LogP) is 3.19. The van der Waals surface area contributed by atoms with Crippen LogP contribution in [0.3, 0.4) is 0 Å². The number of ether oxygens (including phenoxy) is 1. The van der Waals surface area contributed by atoms with Gasteiger partial charge in [-0.05, 0) is 23.3 Å². The van der Waals surface area contributed by atoms with Crippen LogP contribution in [0.2, 0.25) is 0 Å². The first-order valence-corrected chi connectivity index (χ1v) is 5.65. The van der Waals surface area contributed by atoms with Gasteiger partial charge in [-0.15, -0.1) is 0 Å². The summed E-state index contributed by atoms with van der Waals surface area (Å²) >= 11 is 0. The minimum Gasteiger partial charge on any atom is -0.465 e. The van der Waals surface area contributed by atoms with E-state index < -0.39 is 16.7 Å². The van der Waals surface area contributed by atoms with Crippen LogP contribution in [0.25, 0.3) is 11.1 Å². The lowest BCUT2D eigenvalue weighted by atomic mass is 10.0. The molecule has 0 aromatic heterocycles. The second-order valence-electron chi connectivity index (χ2n) is 3.99. The molecule has 0 fully saturated rings. The molecule has 0 amide bonds. The largest absolute Gasteiger partial charge is 0.465 e. The molecule has 0 saturated heterocycles. The molecule has 0 atom stereocenters. The number of non-ortho nitro benzene ring substituents is 1. The van der Waals surface area contributed by atoms with Gasteiger partial charge in [-0.25, -0.2) is 9.18 Å². The van der Waals surface area contributed by atoms with Gasteiger partial charge in [0.05, 0.1) is 17.6 Å². The number of esters is 1. The van der Waals surface area contributed by atoms with Crippen molar-refractivity contribution in [2.45, 2.75) is 0 Å². The van der Waals surface area contributed by atoms with E-state index in [0.29, 0.717) is 11.1 Å². The normalized spacial score (nSPS) is 10.1. The van der Waals surface area contributed by atoms with Gasteiger partial charge in [0.2, 0.25) is 0 Å². The molecule has 0 aliphatic heterocycles. The Morgan fingerprint density at radius 3 is 2.55 bits per heavy atom. The first-order chi connectivity index (χ1) is 9.52. The van der Waals surface area contributed by atoms with E-state index in [0.717, 1.165) is 13.2 Å². The number of hydrogen-bond donors (Lipinski definition) is 0. The van der Waals surface area contributed by atoms with Crippen LogP contribution < -0.4 is 0 Å². The maximum Gasteiger partial charge on any atom is 0.340 e. The van der Waals surface area contributed by atoms with Crippen molar-refractivity contribution in [3.05, 3.63) is 64.0 Å². The van der Waals surface area contributed by atoms with E-state index in [-0.39, 0.29) is 11.3 Å². The quantitative estimate of drug-likeness (QED) is 0.490. The number of nitrogens with zero attached hydrogens (tertiary/aromatic N) is 1. The minimum absolute atomic E-state index is 0.0774. The van der Waals surface area contributed by atoms with Crippen LogP contribution in [0.5, 0.6) is 0 Å². The van der Waals surface area contributed by atoms with Gasteiger partial charge in [-0.1, -0.05) is 18.2 Å². The molecule has 6 heteroatoms. The Hall–Kier alpha value is -2.76. The van der Waals surface area contributed by atoms with E-state index in [4.69, 9.17) is 0 Å². The Labute approximate surface area is 113 Å². The zero-order chi connectivity index (χ0) is 14.7. The SMILES string of the molecule is COC(=O)c1cc(-c2cccc([N+](=O)[O-])c2)ccc1F. The van der Waals surface area contributed by atoms with Crippen molar-refractivity contribution in [2.24, 2.45) is 0 Å². The highest BCUT2D eigenvalue weighted by Gasteiger charge is 2.14. The van der Waals surface area contributed by atoms with Gasteiger partial charge in [0.25, 0.3) is 5.69 Å². The molecule has 0 heterocycles. The lowest BCUT2D eigenvalue weighted by molar-refractivity contribution is -0.384. The van der Waals surface area contributed by atoms with E-state index >= 15 is 0 Å². The second-order valence-corrected chi connectivity index (χ2v) is 3.99. The molecule has 0 spiro atoms. The molecule has 0 N–H and O–H groups in total. The van der Waals surface area contributed by atoms with Crippen LogP contribution in [0.15, 0.2) is 42.5 Å². The Balaban J connectivity index is 2.50. The second kappa shape index (κ2) is 5.48. The van der Waals surface area contributed by atoms with Gasteiger partial charge >= 0.3 is 5.97 Å². The van der Waals surface area contributed by atoms with Gasteiger partial charge in [-0.3, -0.25) is 10.1 Å². The summed E-state index contributed by atoms with van der Waals surface area (Å²) in [4.78, 5) is 21.6. The van der Waals surface area contributed by atoms with Crippen LogP contribution in [0, 0.1) is 15.9 Å². The molecule has 0 bridgehead atoms. The van der Waals surface area contributed by atoms with E-state index in [1.807, 2.05) is 0 Å². The highest BCUT2D eigenvalue weighted by Crippen LogP contribution is 2.25. The summed E-state index contributed by atoms with van der Waals surface area (Å²) in [6.45, 7) is 0. The topological polar surface area (TPSA) is 69.4 Å². The fourth-order valence-electron chi connectivity index (χ4n) is 1.77. The fourth-order valence-corrected chi connectivity index (χ4v) is 1.77. The van der Waals surface area contributed by atoms with Crippen LogP contribution in [-0.2, 0) is 4.74 Å². The number of nitro benzene ring substituents is 1. The van der Waals surface area contributed by atoms with Crippen molar-refractivity contribution in [1.82, 2.24) is 0 Å². The third-order valence-electron chi connectivity index (χ3n) is 2.76. The smallest absolute Gasteiger partial charge is 0.340 e. The maximum atomic E-state index is 13.5. The Kier molecular flexibility index (Phi) is 3.74. The van der Waals surface area contributed by atoms with Gasteiger partial charge in [0.1, 0.15) is 5.82 Å². The maximum absolute atomic E-state index is 13.5. The Morgan fingerprint density at radius 2 is 1.90 bits per heavy atom.